The lowest BCUT2D eigenvalue weighted by atomic mass is 9.86. The number of carbonyl (C=O) groups excluding carboxylic acids is 2. The lowest BCUT2D eigenvalue weighted by Gasteiger charge is -2.38. The molecule has 0 bridgehead atoms. The molecule has 1 fully saturated rings. The van der Waals surface area contributed by atoms with Crippen LogP contribution in [0.2, 0.25) is 0 Å². The summed E-state index contributed by atoms with van der Waals surface area (Å²) in [5.74, 6) is 0.799. The van der Waals surface area contributed by atoms with Crippen molar-refractivity contribution in [3.05, 3.63) is 77.7 Å². The van der Waals surface area contributed by atoms with Crippen LogP contribution >= 0.6 is 0 Å². The molecule has 2 aromatic carbocycles. The summed E-state index contributed by atoms with van der Waals surface area (Å²) in [6, 6.07) is 15.8. The Morgan fingerprint density at radius 3 is 2.43 bits per heavy atom. The van der Waals surface area contributed by atoms with Crippen LogP contribution in [-0.2, 0) is 17.7 Å². The van der Waals surface area contributed by atoms with Crippen LogP contribution in [0, 0.1) is 5.41 Å². The molecule has 0 aliphatic carbocycles. The first kappa shape index (κ1) is 24.9. The Labute approximate surface area is 217 Å². The normalized spacial score (nSPS) is 16.2. The van der Waals surface area contributed by atoms with Crippen LogP contribution in [0.1, 0.15) is 55.1 Å². The first-order valence-electron chi connectivity index (χ1n) is 12.8. The summed E-state index contributed by atoms with van der Waals surface area (Å²) in [5, 5.41) is 2.90. The fourth-order valence-corrected chi connectivity index (χ4v) is 4.85. The van der Waals surface area contributed by atoms with Crippen LogP contribution in [-0.4, -0.2) is 42.2 Å². The molecule has 3 aromatic rings. The molecule has 1 aromatic heterocycles. The Morgan fingerprint density at radius 1 is 1.03 bits per heavy atom. The predicted molar refractivity (Wildman–Crippen MR) is 140 cm³/mol. The molecule has 194 valence electrons. The molecule has 2 aliphatic heterocycles. The number of nitrogens with one attached hydrogen (secondary N) is 1. The highest BCUT2D eigenvalue weighted by molar-refractivity contribution is 5.94. The molecule has 0 radical (unpaired) electrons. The Kier molecular flexibility index (Phi) is 6.71. The zero-order chi connectivity index (χ0) is 26.0. The third kappa shape index (κ3) is 5.82. The van der Waals surface area contributed by atoms with Crippen LogP contribution in [0.5, 0.6) is 5.75 Å². The van der Waals surface area contributed by atoms with E-state index in [2.05, 4.69) is 38.2 Å². The number of nitrogens with zero attached hydrogens (tertiary/aromatic N) is 1. The first-order valence-corrected chi connectivity index (χ1v) is 12.8. The largest absolute Gasteiger partial charge is 0.487 e. The van der Waals surface area contributed by atoms with Gasteiger partial charge in [-0.25, -0.2) is 4.79 Å². The van der Waals surface area contributed by atoms with Gasteiger partial charge in [0.05, 0.1) is 19.1 Å². The van der Waals surface area contributed by atoms with Crippen molar-refractivity contribution < 1.29 is 23.5 Å². The van der Waals surface area contributed by atoms with Gasteiger partial charge in [-0.3, -0.25) is 4.79 Å². The minimum atomic E-state index is -0.265. The number of amides is 2. The number of hydrogen-bond donors (Lipinski definition) is 1. The third-order valence-electron chi connectivity index (χ3n) is 6.97. The van der Waals surface area contributed by atoms with Crippen LogP contribution in [0.3, 0.4) is 0 Å². The van der Waals surface area contributed by atoms with Gasteiger partial charge in [0.2, 0.25) is 0 Å². The molecule has 0 unspecified atom stereocenters. The second-order valence-corrected chi connectivity index (χ2v) is 11.3. The second kappa shape index (κ2) is 9.96. The minimum absolute atomic E-state index is 0.0476. The number of ether oxygens (including phenoxy) is 2. The zero-order valence-corrected chi connectivity index (χ0v) is 21.7. The lowest BCUT2D eigenvalue weighted by Crippen LogP contribution is -2.49. The highest BCUT2D eigenvalue weighted by Gasteiger charge is 2.43. The van der Waals surface area contributed by atoms with Crippen molar-refractivity contribution in [3.8, 4) is 16.9 Å². The molecule has 0 atom stereocenters. The van der Waals surface area contributed by atoms with E-state index in [1.54, 1.807) is 17.4 Å². The monoisotopic (exact) mass is 502 g/mol. The van der Waals surface area contributed by atoms with Crippen molar-refractivity contribution in [1.82, 2.24) is 10.2 Å². The maximum atomic E-state index is 12.5. The van der Waals surface area contributed by atoms with E-state index in [0.29, 0.717) is 31.8 Å². The van der Waals surface area contributed by atoms with Gasteiger partial charge in [0.1, 0.15) is 11.4 Å². The summed E-state index contributed by atoms with van der Waals surface area (Å²) >= 11 is 0. The molecule has 2 amide bonds. The molecule has 5 rings (SSSR count). The number of rotatable bonds is 5. The zero-order valence-electron chi connectivity index (χ0n) is 21.7. The topological polar surface area (TPSA) is 81.0 Å². The Morgan fingerprint density at radius 2 is 1.76 bits per heavy atom. The summed E-state index contributed by atoms with van der Waals surface area (Å²) < 4.78 is 17.0. The first-order chi connectivity index (χ1) is 17.7. The number of furan rings is 1. The molecule has 1 N–H and O–H groups in total. The standard InChI is InChI=1S/C30H34N2O5/c1-29(2,3)20-36-28(34)32-13-11-30(12-14-32)17-25-16-24(8-9-26(25)37-30)22-4-6-23(7-5-22)27(33)31-18-21-10-15-35-19-21/h4-10,15-16,19H,11-14,17-18,20H2,1-3H3,(H,31,33). The lowest BCUT2D eigenvalue weighted by molar-refractivity contribution is 0.00956. The molecule has 1 saturated heterocycles. The molecule has 3 heterocycles. The van der Waals surface area contributed by atoms with E-state index in [9.17, 15) is 9.59 Å². The summed E-state index contributed by atoms with van der Waals surface area (Å²) in [5.41, 5.74) is 4.55. The van der Waals surface area contributed by atoms with Crippen molar-refractivity contribution >= 4 is 12.0 Å². The van der Waals surface area contributed by atoms with Gasteiger partial charge in [0.25, 0.3) is 5.91 Å². The van der Waals surface area contributed by atoms with Gasteiger partial charge in [0.15, 0.2) is 0 Å². The molecule has 1 spiro atoms. The van der Waals surface area contributed by atoms with Crippen molar-refractivity contribution in [2.45, 2.75) is 52.2 Å². The van der Waals surface area contributed by atoms with Crippen molar-refractivity contribution in [1.29, 1.82) is 0 Å². The Hall–Kier alpha value is -3.74. The molecular weight excluding hydrogens is 468 g/mol. The van der Waals surface area contributed by atoms with Gasteiger partial charge >= 0.3 is 6.09 Å². The van der Waals surface area contributed by atoms with Crippen molar-refractivity contribution in [2.24, 2.45) is 5.41 Å². The molecule has 2 aliphatic rings. The summed E-state index contributed by atoms with van der Waals surface area (Å²) in [7, 11) is 0. The van der Waals surface area contributed by atoms with Crippen LogP contribution in [0.25, 0.3) is 11.1 Å². The average Bonchev–Trinajstić information content (AvgIpc) is 3.53. The second-order valence-electron chi connectivity index (χ2n) is 11.3. The summed E-state index contributed by atoms with van der Waals surface area (Å²) in [6.45, 7) is 8.27. The summed E-state index contributed by atoms with van der Waals surface area (Å²) in [4.78, 5) is 26.7. The van der Waals surface area contributed by atoms with E-state index < -0.39 is 0 Å². The fraction of sp³-hybridized carbons (Fsp3) is 0.400. The quantitative estimate of drug-likeness (QED) is 0.475. The number of piperidine rings is 1. The van der Waals surface area contributed by atoms with E-state index in [-0.39, 0.29) is 23.0 Å². The van der Waals surface area contributed by atoms with Crippen LogP contribution < -0.4 is 10.1 Å². The number of carbonyl (C=O) groups is 2. The Bertz CT molecular complexity index is 1250. The van der Waals surface area contributed by atoms with Crippen LogP contribution in [0.4, 0.5) is 4.79 Å². The number of hydrogen-bond acceptors (Lipinski definition) is 5. The van der Waals surface area contributed by atoms with E-state index in [0.717, 1.165) is 41.7 Å². The molecule has 37 heavy (non-hydrogen) atoms. The third-order valence-corrected chi connectivity index (χ3v) is 6.97. The van der Waals surface area contributed by atoms with E-state index in [4.69, 9.17) is 13.9 Å². The highest BCUT2D eigenvalue weighted by Crippen LogP contribution is 2.42. The van der Waals surface area contributed by atoms with Gasteiger partial charge in [0, 0.05) is 50.0 Å². The number of likely N-dealkylation sites (tertiary alicyclic amines) is 1. The SMILES string of the molecule is CC(C)(C)COC(=O)N1CCC2(CC1)Cc1cc(-c3ccc(C(=O)NCc4ccoc4)cc3)ccc1O2. The number of benzene rings is 2. The summed E-state index contributed by atoms with van der Waals surface area (Å²) in [6.07, 6.45) is 5.37. The maximum absolute atomic E-state index is 12.5. The smallest absolute Gasteiger partial charge is 0.409 e. The van der Waals surface area contributed by atoms with Crippen LogP contribution in [0.15, 0.2) is 65.5 Å². The van der Waals surface area contributed by atoms with Gasteiger partial charge in [-0.15, -0.1) is 0 Å². The molecular formula is C30H34N2O5. The molecule has 7 heteroatoms. The predicted octanol–water partition coefficient (Wildman–Crippen LogP) is 5.83. The van der Waals surface area contributed by atoms with Gasteiger partial charge in [-0.2, -0.15) is 0 Å². The molecule has 7 nitrogen and oxygen atoms in total. The number of fused-ring (bicyclic) bond motifs is 1. The average molecular weight is 503 g/mol. The fourth-order valence-electron chi connectivity index (χ4n) is 4.85. The molecule has 0 saturated carbocycles. The van der Waals surface area contributed by atoms with Gasteiger partial charge < -0.3 is 24.1 Å². The maximum Gasteiger partial charge on any atom is 0.409 e. The Balaban J connectivity index is 1.18. The van der Waals surface area contributed by atoms with E-state index in [1.807, 2.05) is 36.4 Å². The van der Waals surface area contributed by atoms with Crippen molar-refractivity contribution in [2.75, 3.05) is 19.7 Å². The van der Waals surface area contributed by atoms with Gasteiger partial charge in [-0.1, -0.05) is 39.0 Å². The van der Waals surface area contributed by atoms with E-state index in [1.165, 1.54) is 5.56 Å². The van der Waals surface area contributed by atoms with E-state index >= 15 is 0 Å². The van der Waals surface area contributed by atoms with Crippen molar-refractivity contribution in [3.63, 3.8) is 0 Å². The highest BCUT2D eigenvalue weighted by atomic mass is 16.6. The minimum Gasteiger partial charge on any atom is -0.487 e. The van der Waals surface area contributed by atoms with Gasteiger partial charge in [-0.05, 0) is 52.4 Å².